The normalized spacial score (nSPS) is 17.8. The molecule has 2 aromatic heterocycles. The van der Waals surface area contributed by atoms with Crippen LogP contribution in [0.15, 0.2) is 25.9 Å². The number of piperidine rings is 3. The van der Waals surface area contributed by atoms with Crippen molar-refractivity contribution in [3.8, 4) is 6.07 Å². The molecule has 0 spiro atoms. The summed E-state index contributed by atoms with van der Waals surface area (Å²) in [5.41, 5.74) is 5.53. The van der Waals surface area contributed by atoms with Crippen LogP contribution in [0.2, 0.25) is 0 Å². The van der Waals surface area contributed by atoms with Crippen LogP contribution in [-0.4, -0.2) is 110 Å². The van der Waals surface area contributed by atoms with E-state index >= 15 is 0 Å². The maximum atomic E-state index is 9.04. The Morgan fingerprint density at radius 1 is 1.09 bits per heavy atom. The Kier molecular flexibility index (Phi) is 27.7. The van der Waals surface area contributed by atoms with Gasteiger partial charge in [0.05, 0.1) is 36.9 Å². The van der Waals surface area contributed by atoms with Crippen molar-refractivity contribution < 1.29 is 4.79 Å². The fourth-order valence-electron chi connectivity index (χ4n) is 4.70. The topological polar surface area (TPSA) is 115 Å². The molecule has 2 aromatic rings. The molecular weight excluding hydrogens is 731 g/mol. The summed E-state index contributed by atoms with van der Waals surface area (Å²) in [6.45, 7) is 8.59. The van der Waals surface area contributed by atoms with Gasteiger partial charge in [0.25, 0.3) is 0 Å². The molecule has 0 amide bonds. The second-order valence-electron chi connectivity index (χ2n) is 10.7. The Balaban J connectivity index is 0.000000566. The molecule has 3 aliphatic rings. The predicted molar refractivity (Wildman–Crippen MR) is 203 cm³/mol. The maximum absolute atomic E-state index is 9.04. The van der Waals surface area contributed by atoms with Crippen molar-refractivity contribution in [3.05, 3.63) is 31.6 Å². The van der Waals surface area contributed by atoms with Crippen LogP contribution in [0.25, 0.3) is 0 Å². The molecule has 5 rings (SSSR count). The van der Waals surface area contributed by atoms with Crippen molar-refractivity contribution in [1.82, 2.24) is 24.7 Å². The average molecular weight is 779 g/mol. The van der Waals surface area contributed by atoms with Crippen LogP contribution >= 0.6 is 75.2 Å². The monoisotopic (exact) mass is 777 g/mol. The molecule has 2 N–H and O–H groups in total. The minimum atomic E-state index is 0.111. The summed E-state index contributed by atoms with van der Waals surface area (Å²) in [5, 5.41) is 12.0. The second kappa shape index (κ2) is 28.2. The number of thiocarbonyl (C=S) groups is 1. The number of aromatic nitrogens is 2. The first-order valence-corrected chi connectivity index (χ1v) is 18.6. The van der Waals surface area contributed by atoms with Crippen molar-refractivity contribution in [2.45, 2.75) is 57.3 Å². The molecule has 0 bridgehead atoms. The van der Waals surface area contributed by atoms with E-state index in [1.807, 2.05) is 12.4 Å². The molecule has 0 saturated carbocycles. The van der Waals surface area contributed by atoms with E-state index in [9.17, 15) is 0 Å². The number of nitrogens with two attached hydrogens (primary N) is 1. The van der Waals surface area contributed by atoms with E-state index in [2.05, 4.69) is 91.9 Å². The molecule has 3 aliphatic heterocycles. The van der Waals surface area contributed by atoms with E-state index < -0.39 is 0 Å². The third-order valence-corrected chi connectivity index (χ3v) is 10.3. The molecule has 5 heterocycles. The molecule has 3 saturated heterocycles. The van der Waals surface area contributed by atoms with Crippen molar-refractivity contribution in [2.75, 3.05) is 66.3 Å². The summed E-state index contributed by atoms with van der Waals surface area (Å²) in [6.07, 6.45) is 11.8. The van der Waals surface area contributed by atoms with Crippen molar-refractivity contribution >= 4 is 94.2 Å². The summed E-state index contributed by atoms with van der Waals surface area (Å²) < 4.78 is 3.85. The first-order valence-electron chi connectivity index (χ1n) is 14.8. The van der Waals surface area contributed by atoms with Gasteiger partial charge in [-0.2, -0.15) is 5.26 Å². The van der Waals surface area contributed by atoms with Crippen LogP contribution in [-0.2, 0) is 4.79 Å². The van der Waals surface area contributed by atoms with Gasteiger partial charge in [0, 0.05) is 36.3 Å². The van der Waals surface area contributed by atoms with Gasteiger partial charge in [-0.15, -0.1) is 34.3 Å². The number of nitriles is 1. The van der Waals surface area contributed by atoms with Gasteiger partial charge in [-0.1, -0.05) is 12.2 Å². The van der Waals surface area contributed by atoms with Gasteiger partial charge in [0.15, 0.2) is 0 Å². The predicted octanol–water partition coefficient (Wildman–Crippen LogP) is 6.42. The Bertz CT molecular complexity index is 1070. The number of aldehydes is 1. The number of nitrogens with zero attached hydrogens (tertiary/aromatic N) is 7. The summed E-state index contributed by atoms with van der Waals surface area (Å²) in [5.74, 6) is 2.06. The van der Waals surface area contributed by atoms with E-state index in [0.29, 0.717) is 23.1 Å². The third kappa shape index (κ3) is 21.6. The average Bonchev–Trinajstić information content (AvgIpc) is 3.72. The van der Waals surface area contributed by atoms with Crippen LogP contribution in [0, 0.1) is 17.2 Å². The SMILES string of the molecule is CC#N.CN1CCC(C(N)=S)CC1.CN1CCC(c2ncc(Br)s2)CC1.CN1CCC(c2nccs2)CC1.O=CCCl.[B]=NS. The minimum absolute atomic E-state index is 0.111. The standard InChI is InChI=1S/C9H13BrN2S.C9H14N2S.C7H14N2S.C2H3ClO.C2H3N.BHNS/c1-12-4-2-7(3-5-12)9-11-6-8(10)13-9;1-11-5-2-8(3-6-11)9-10-4-7-12-9;1-9-4-2-6(3-5-9)7(8)10;3-1-2-4;2*1-2-3/h6-7H,2-5H2,1H3;4,7-8H,2-3,5-6H2,1H3;6H,2-5H2,1H3,(H2,8,10);2H,1H2;1H3;3H. The molecule has 0 aliphatic carbocycles. The van der Waals surface area contributed by atoms with Crippen molar-refractivity contribution in [2.24, 2.45) is 16.0 Å². The Hall–Kier alpha value is -0.825. The van der Waals surface area contributed by atoms with E-state index in [0.717, 1.165) is 35.6 Å². The van der Waals surface area contributed by atoms with Crippen LogP contribution in [0.5, 0.6) is 0 Å². The van der Waals surface area contributed by atoms with Gasteiger partial charge in [-0.25, -0.2) is 9.97 Å². The number of likely N-dealkylation sites (tertiary alicyclic amines) is 3. The number of rotatable bonds is 4. The molecule has 16 heteroatoms. The molecule has 0 unspecified atom stereocenters. The molecule has 0 atom stereocenters. The van der Waals surface area contributed by atoms with E-state index in [-0.39, 0.29) is 5.88 Å². The molecule has 3 fully saturated rings. The van der Waals surface area contributed by atoms with Crippen LogP contribution in [0.4, 0.5) is 0 Å². The van der Waals surface area contributed by atoms with Gasteiger partial charge < -0.3 is 25.2 Å². The van der Waals surface area contributed by atoms with Gasteiger partial charge in [0.2, 0.25) is 0 Å². The number of thiazole rings is 2. The molecular formula is C29H48BBrClN8OS4. The fraction of sp³-hybridized carbons (Fsp3) is 0.690. The van der Waals surface area contributed by atoms with Gasteiger partial charge >= 0.3 is 24.8 Å². The Labute approximate surface area is 304 Å². The summed E-state index contributed by atoms with van der Waals surface area (Å²) in [6, 6.07) is 1.75. The number of halogens is 2. The summed E-state index contributed by atoms with van der Waals surface area (Å²) >= 11 is 20.0. The number of thiol groups is 1. The summed E-state index contributed by atoms with van der Waals surface area (Å²) in [7, 11) is 10.9. The van der Waals surface area contributed by atoms with Crippen molar-refractivity contribution in [3.63, 3.8) is 0 Å². The zero-order valence-electron chi connectivity index (χ0n) is 26.9. The van der Waals surface area contributed by atoms with E-state index in [1.54, 1.807) is 28.7 Å². The fourth-order valence-corrected chi connectivity index (χ4v) is 7.16. The van der Waals surface area contributed by atoms with Gasteiger partial charge in [-0.3, -0.25) is 0 Å². The third-order valence-electron chi connectivity index (χ3n) is 7.27. The Morgan fingerprint density at radius 2 is 1.49 bits per heavy atom. The zero-order chi connectivity index (χ0) is 34.0. The molecule has 251 valence electrons. The van der Waals surface area contributed by atoms with E-state index in [1.165, 1.54) is 68.8 Å². The first-order chi connectivity index (χ1) is 21.6. The molecule has 45 heavy (non-hydrogen) atoms. The zero-order valence-corrected chi connectivity index (χ0v) is 32.5. The van der Waals surface area contributed by atoms with Crippen LogP contribution in [0.3, 0.4) is 0 Å². The van der Waals surface area contributed by atoms with Gasteiger partial charge in [0.1, 0.15) is 6.29 Å². The second-order valence-corrected chi connectivity index (χ2v) is 15.0. The number of carbonyl (C=O) groups is 1. The number of hydrogen-bond acceptors (Lipinski definition) is 12. The number of hydrogen-bond donors (Lipinski definition) is 2. The van der Waals surface area contributed by atoms with Crippen molar-refractivity contribution in [1.29, 1.82) is 5.26 Å². The van der Waals surface area contributed by atoms with Gasteiger partial charge in [-0.05, 0) is 115 Å². The molecule has 0 aromatic carbocycles. The number of carbonyl (C=O) groups excluding carboxylic acids is 1. The first kappa shape index (κ1) is 44.2. The molecule has 9 nitrogen and oxygen atoms in total. The van der Waals surface area contributed by atoms with E-state index in [4.69, 9.17) is 39.6 Å². The number of alkyl halides is 1. The van der Waals surface area contributed by atoms with Crippen LogP contribution < -0.4 is 5.73 Å². The quantitative estimate of drug-likeness (QED) is 0.119. The molecule has 1 radical (unpaired) electrons. The Morgan fingerprint density at radius 3 is 1.80 bits per heavy atom. The van der Waals surface area contributed by atoms with Crippen LogP contribution in [0.1, 0.15) is 67.3 Å². The summed E-state index contributed by atoms with van der Waals surface area (Å²) in [4.78, 5) is 25.6.